The maximum absolute atomic E-state index is 11.9. The van der Waals surface area contributed by atoms with E-state index in [-0.39, 0.29) is 5.76 Å². The van der Waals surface area contributed by atoms with E-state index >= 15 is 0 Å². The molecule has 1 unspecified atom stereocenters. The van der Waals surface area contributed by atoms with Gasteiger partial charge in [-0.25, -0.2) is 18.7 Å². The van der Waals surface area contributed by atoms with E-state index in [2.05, 4.69) is 9.57 Å². The molecule has 78 valence electrons. The lowest BCUT2D eigenvalue weighted by Crippen LogP contribution is -2.32. The first-order chi connectivity index (χ1) is 6.81. The summed E-state index contributed by atoms with van der Waals surface area (Å²) in [6.07, 6.45) is 4.59. The third-order valence-corrected chi connectivity index (χ3v) is 1.56. The SMILES string of the molecule is O=CC1C=CC(OCF)=CN1OCF. The summed E-state index contributed by atoms with van der Waals surface area (Å²) in [4.78, 5) is 14.9. The van der Waals surface area contributed by atoms with Gasteiger partial charge in [-0.05, 0) is 12.2 Å². The van der Waals surface area contributed by atoms with Gasteiger partial charge >= 0.3 is 0 Å². The fourth-order valence-electron chi connectivity index (χ4n) is 0.966. The Hall–Kier alpha value is -1.43. The van der Waals surface area contributed by atoms with Crippen molar-refractivity contribution >= 4 is 6.29 Å². The van der Waals surface area contributed by atoms with E-state index < -0.39 is 19.8 Å². The highest BCUT2D eigenvalue weighted by atomic mass is 19.1. The van der Waals surface area contributed by atoms with Gasteiger partial charge in [-0.3, -0.25) is 0 Å². The van der Waals surface area contributed by atoms with Crippen LogP contribution >= 0.6 is 0 Å². The Morgan fingerprint density at radius 1 is 1.50 bits per heavy atom. The van der Waals surface area contributed by atoms with Gasteiger partial charge in [0.2, 0.25) is 13.7 Å². The van der Waals surface area contributed by atoms with Crippen LogP contribution in [0.5, 0.6) is 0 Å². The van der Waals surface area contributed by atoms with Crippen molar-refractivity contribution in [2.45, 2.75) is 6.04 Å². The fraction of sp³-hybridized carbons (Fsp3) is 0.375. The number of hydrogen-bond donors (Lipinski definition) is 0. The number of alkyl halides is 2. The van der Waals surface area contributed by atoms with E-state index in [9.17, 15) is 13.6 Å². The van der Waals surface area contributed by atoms with Crippen molar-refractivity contribution in [1.29, 1.82) is 0 Å². The molecular formula is C8H9F2NO3. The first-order valence-electron chi connectivity index (χ1n) is 3.83. The van der Waals surface area contributed by atoms with E-state index in [1.54, 1.807) is 0 Å². The minimum Gasteiger partial charge on any atom is -0.461 e. The molecule has 6 heteroatoms. The molecule has 0 aliphatic carbocycles. The second-order valence-corrected chi connectivity index (χ2v) is 2.37. The summed E-state index contributed by atoms with van der Waals surface area (Å²) in [5.74, 6) is 0.166. The van der Waals surface area contributed by atoms with Crippen molar-refractivity contribution in [2.24, 2.45) is 0 Å². The highest BCUT2D eigenvalue weighted by Gasteiger charge is 2.17. The van der Waals surface area contributed by atoms with Crippen LogP contribution in [0.4, 0.5) is 8.78 Å². The topological polar surface area (TPSA) is 38.8 Å². The minimum absolute atomic E-state index is 0.166. The summed E-state index contributed by atoms with van der Waals surface area (Å²) in [6.45, 7) is -2.07. The second-order valence-electron chi connectivity index (χ2n) is 2.37. The van der Waals surface area contributed by atoms with Crippen LogP contribution in [0.3, 0.4) is 0 Å². The Labute approximate surface area is 79.3 Å². The van der Waals surface area contributed by atoms with Gasteiger partial charge in [-0.15, -0.1) is 0 Å². The number of carbonyl (C=O) groups excluding carboxylic acids is 1. The van der Waals surface area contributed by atoms with E-state index in [1.807, 2.05) is 0 Å². The molecule has 1 aliphatic rings. The molecule has 1 heterocycles. The zero-order valence-electron chi connectivity index (χ0n) is 7.23. The molecule has 1 rings (SSSR count). The predicted molar refractivity (Wildman–Crippen MR) is 43.0 cm³/mol. The Balaban J connectivity index is 2.66. The molecular weight excluding hydrogens is 196 g/mol. The molecule has 14 heavy (non-hydrogen) atoms. The molecule has 0 saturated carbocycles. The number of rotatable bonds is 5. The molecule has 0 amide bonds. The monoisotopic (exact) mass is 205 g/mol. The summed E-state index contributed by atoms with van der Waals surface area (Å²) in [7, 11) is 0. The predicted octanol–water partition coefficient (Wildman–Crippen LogP) is 1.07. The number of halogens is 2. The summed E-state index contributed by atoms with van der Waals surface area (Å²) >= 11 is 0. The van der Waals surface area contributed by atoms with Crippen LogP contribution in [0.15, 0.2) is 24.1 Å². The van der Waals surface area contributed by atoms with E-state index in [0.717, 1.165) is 5.06 Å². The summed E-state index contributed by atoms with van der Waals surface area (Å²) in [5, 5.41) is 0.956. The van der Waals surface area contributed by atoms with Crippen molar-refractivity contribution in [3.63, 3.8) is 0 Å². The lowest BCUT2D eigenvalue weighted by molar-refractivity contribution is -0.173. The van der Waals surface area contributed by atoms with Gasteiger partial charge in [0.25, 0.3) is 0 Å². The molecule has 0 aromatic carbocycles. The first kappa shape index (κ1) is 10.6. The van der Waals surface area contributed by atoms with Crippen LogP contribution < -0.4 is 0 Å². The fourth-order valence-corrected chi connectivity index (χ4v) is 0.966. The van der Waals surface area contributed by atoms with Crippen LogP contribution in [0.2, 0.25) is 0 Å². The van der Waals surface area contributed by atoms with Gasteiger partial charge in [-0.2, -0.15) is 0 Å². The number of nitrogens with zero attached hydrogens (tertiary/aromatic N) is 1. The van der Waals surface area contributed by atoms with Crippen LogP contribution in [-0.4, -0.2) is 31.1 Å². The third-order valence-electron chi connectivity index (χ3n) is 1.56. The standard InChI is InChI=1S/C8H9F2NO3/c9-5-13-8-2-1-7(4-12)11(3-8)14-6-10/h1-4,7H,5-6H2. The van der Waals surface area contributed by atoms with Gasteiger partial charge in [0.05, 0.1) is 6.20 Å². The van der Waals surface area contributed by atoms with Gasteiger partial charge < -0.3 is 9.53 Å². The molecule has 1 aliphatic heterocycles. The molecule has 0 fully saturated rings. The van der Waals surface area contributed by atoms with Crippen LogP contribution in [-0.2, 0) is 14.4 Å². The largest absolute Gasteiger partial charge is 0.461 e. The molecule has 0 aromatic heterocycles. The van der Waals surface area contributed by atoms with Crippen molar-refractivity contribution in [3.8, 4) is 0 Å². The van der Waals surface area contributed by atoms with Crippen molar-refractivity contribution in [1.82, 2.24) is 5.06 Å². The smallest absolute Gasteiger partial charge is 0.228 e. The lowest BCUT2D eigenvalue weighted by Gasteiger charge is -2.25. The third kappa shape index (κ3) is 2.53. The van der Waals surface area contributed by atoms with Gasteiger partial charge in [0.1, 0.15) is 18.1 Å². The summed E-state index contributed by atoms with van der Waals surface area (Å²) in [5.41, 5.74) is 0. The Kier molecular flexibility index (Phi) is 4.06. The quantitative estimate of drug-likeness (QED) is 0.629. The number of hydroxylamine groups is 2. The Morgan fingerprint density at radius 3 is 2.86 bits per heavy atom. The number of allylic oxidation sites excluding steroid dienone is 1. The average molecular weight is 205 g/mol. The number of ether oxygens (including phenoxy) is 1. The number of hydrogen-bond acceptors (Lipinski definition) is 4. The molecule has 0 bridgehead atoms. The van der Waals surface area contributed by atoms with Crippen LogP contribution in [0, 0.1) is 0 Å². The summed E-state index contributed by atoms with van der Waals surface area (Å²) < 4.78 is 28.1. The second kappa shape index (κ2) is 5.33. The molecule has 1 atom stereocenters. The highest BCUT2D eigenvalue weighted by Crippen LogP contribution is 2.14. The van der Waals surface area contributed by atoms with E-state index in [1.165, 1.54) is 18.4 Å². The van der Waals surface area contributed by atoms with Crippen LogP contribution in [0.1, 0.15) is 0 Å². The maximum Gasteiger partial charge on any atom is 0.228 e. The Bertz CT molecular complexity index is 255. The zero-order valence-corrected chi connectivity index (χ0v) is 7.23. The van der Waals surface area contributed by atoms with Crippen molar-refractivity contribution < 1.29 is 23.1 Å². The summed E-state index contributed by atoms with van der Waals surface area (Å²) in [6, 6.07) is -0.710. The maximum atomic E-state index is 11.9. The molecule has 0 spiro atoms. The van der Waals surface area contributed by atoms with E-state index in [4.69, 9.17) is 0 Å². The minimum atomic E-state index is -1.07. The van der Waals surface area contributed by atoms with Crippen molar-refractivity contribution in [2.75, 3.05) is 13.7 Å². The lowest BCUT2D eigenvalue weighted by atomic mass is 10.2. The number of aldehydes is 1. The molecule has 0 N–H and O–H groups in total. The Morgan fingerprint density at radius 2 is 2.29 bits per heavy atom. The zero-order chi connectivity index (χ0) is 10.4. The van der Waals surface area contributed by atoms with Gasteiger partial charge in [-0.1, -0.05) is 0 Å². The normalized spacial score (nSPS) is 20.6. The van der Waals surface area contributed by atoms with Crippen molar-refractivity contribution in [3.05, 3.63) is 24.1 Å². The van der Waals surface area contributed by atoms with Gasteiger partial charge in [0, 0.05) is 0 Å². The first-order valence-corrected chi connectivity index (χ1v) is 3.83. The highest BCUT2D eigenvalue weighted by molar-refractivity contribution is 5.62. The van der Waals surface area contributed by atoms with Gasteiger partial charge in [0.15, 0.2) is 0 Å². The molecule has 4 nitrogen and oxygen atoms in total. The van der Waals surface area contributed by atoms with E-state index in [0.29, 0.717) is 6.29 Å². The molecule has 0 saturated heterocycles. The molecule has 0 radical (unpaired) electrons. The number of carbonyl (C=O) groups is 1. The van der Waals surface area contributed by atoms with Crippen LogP contribution in [0.25, 0.3) is 0 Å². The molecule has 0 aromatic rings. The average Bonchev–Trinajstić information content (AvgIpc) is 2.19.